The molecule has 0 rings (SSSR count). The van der Waals surface area contributed by atoms with E-state index in [2.05, 4.69) is 19.2 Å². The summed E-state index contributed by atoms with van der Waals surface area (Å²) in [4.78, 5) is 12.4. The Hall–Kier alpha value is -0.870. The van der Waals surface area contributed by atoms with E-state index in [9.17, 15) is 15.0 Å². The molecule has 2 unspecified atom stereocenters. The van der Waals surface area contributed by atoms with Crippen molar-refractivity contribution in [2.45, 2.75) is 276 Å². The average Bonchev–Trinajstić information content (AvgIpc) is 3.13. The van der Waals surface area contributed by atoms with Gasteiger partial charge in [-0.3, -0.25) is 4.79 Å². The topological polar surface area (TPSA) is 69.6 Å². The van der Waals surface area contributed by atoms with E-state index in [-0.39, 0.29) is 12.5 Å². The molecule has 0 aliphatic carbocycles. The summed E-state index contributed by atoms with van der Waals surface area (Å²) < 4.78 is 0. The zero-order valence-corrected chi connectivity index (χ0v) is 34.9. The van der Waals surface area contributed by atoms with Crippen LogP contribution in [0, 0.1) is 0 Å². The Morgan fingerprint density at radius 3 is 1.02 bits per heavy atom. The van der Waals surface area contributed by atoms with E-state index in [1.54, 1.807) is 6.08 Å². The number of hydrogen-bond donors (Lipinski definition) is 3. The first kappa shape index (κ1) is 50.1. The SMILES string of the molecule is CCCCCCCCCCCCCCCCCC=CC(O)C(CO)NC(=O)CCCCCCCCCCCCCCCCCCCCCCCC. The van der Waals surface area contributed by atoms with E-state index in [1.165, 1.54) is 218 Å². The normalized spacial score (nSPS) is 12.9. The zero-order valence-electron chi connectivity index (χ0n) is 34.9. The molecule has 0 aromatic rings. The molecule has 51 heavy (non-hydrogen) atoms. The van der Waals surface area contributed by atoms with E-state index < -0.39 is 12.1 Å². The Morgan fingerprint density at radius 2 is 0.725 bits per heavy atom. The molecule has 0 aliphatic heterocycles. The third-order valence-electron chi connectivity index (χ3n) is 11.0. The molecule has 2 atom stereocenters. The van der Waals surface area contributed by atoms with E-state index in [0.29, 0.717) is 6.42 Å². The molecular formula is C47H93NO3. The molecule has 0 aromatic carbocycles. The Kier molecular flexibility index (Phi) is 42.8. The summed E-state index contributed by atoms with van der Waals surface area (Å²) in [5.74, 6) is -0.0583. The number of carbonyl (C=O) groups excluding carboxylic acids is 1. The average molecular weight is 720 g/mol. The maximum atomic E-state index is 12.4. The maximum absolute atomic E-state index is 12.4. The van der Waals surface area contributed by atoms with Crippen molar-refractivity contribution in [1.82, 2.24) is 5.32 Å². The number of unbranched alkanes of at least 4 members (excludes halogenated alkanes) is 36. The molecule has 0 saturated heterocycles. The molecule has 4 heteroatoms. The second-order valence-electron chi connectivity index (χ2n) is 16.2. The first-order valence-corrected chi connectivity index (χ1v) is 23.4. The van der Waals surface area contributed by atoms with Crippen LogP contribution in [0.4, 0.5) is 0 Å². The molecular weight excluding hydrogens is 627 g/mol. The van der Waals surface area contributed by atoms with Gasteiger partial charge in [-0.15, -0.1) is 0 Å². The van der Waals surface area contributed by atoms with Gasteiger partial charge >= 0.3 is 0 Å². The molecule has 0 aromatic heterocycles. The summed E-state index contributed by atoms with van der Waals surface area (Å²) in [5.41, 5.74) is 0. The molecule has 1 amide bonds. The van der Waals surface area contributed by atoms with Gasteiger partial charge in [0.1, 0.15) is 0 Å². The minimum Gasteiger partial charge on any atom is -0.394 e. The maximum Gasteiger partial charge on any atom is 0.220 e. The first-order chi connectivity index (χ1) is 25.2. The Morgan fingerprint density at radius 1 is 0.451 bits per heavy atom. The fourth-order valence-electron chi connectivity index (χ4n) is 7.42. The molecule has 0 saturated carbocycles. The van der Waals surface area contributed by atoms with Crippen LogP contribution in [0.2, 0.25) is 0 Å². The van der Waals surface area contributed by atoms with Crippen LogP contribution < -0.4 is 5.32 Å². The predicted molar refractivity (Wildman–Crippen MR) is 226 cm³/mol. The van der Waals surface area contributed by atoms with Gasteiger partial charge in [-0.05, 0) is 19.3 Å². The predicted octanol–water partition coefficient (Wildman–Crippen LogP) is 14.6. The minimum absolute atomic E-state index is 0.0583. The van der Waals surface area contributed by atoms with Crippen molar-refractivity contribution in [3.05, 3.63) is 12.2 Å². The van der Waals surface area contributed by atoms with E-state index in [4.69, 9.17) is 0 Å². The number of amides is 1. The molecule has 0 heterocycles. The van der Waals surface area contributed by atoms with Crippen molar-refractivity contribution < 1.29 is 15.0 Å². The smallest absolute Gasteiger partial charge is 0.220 e. The molecule has 3 N–H and O–H groups in total. The number of allylic oxidation sites excluding steroid dienone is 1. The van der Waals surface area contributed by atoms with Gasteiger partial charge in [0.25, 0.3) is 0 Å². The lowest BCUT2D eigenvalue weighted by Gasteiger charge is -2.20. The van der Waals surface area contributed by atoms with E-state index >= 15 is 0 Å². The van der Waals surface area contributed by atoms with Gasteiger partial charge in [0.05, 0.1) is 18.8 Å². The molecule has 0 fully saturated rings. The van der Waals surface area contributed by atoms with Gasteiger partial charge in [0.15, 0.2) is 0 Å². The highest BCUT2D eigenvalue weighted by Crippen LogP contribution is 2.17. The second-order valence-corrected chi connectivity index (χ2v) is 16.2. The fourth-order valence-corrected chi connectivity index (χ4v) is 7.42. The Labute approximate surface area is 320 Å². The summed E-state index contributed by atoms with van der Waals surface area (Å²) >= 11 is 0. The van der Waals surface area contributed by atoms with Gasteiger partial charge in [0, 0.05) is 6.42 Å². The van der Waals surface area contributed by atoms with Crippen LogP contribution in [-0.2, 0) is 4.79 Å². The molecule has 0 spiro atoms. The lowest BCUT2D eigenvalue weighted by molar-refractivity contribution is -0.123. The van der Waals surface area contributed by atoms with Gasteiger partial charge in [-0.2, -0.15) is 0 Å². The molecule has 0 bridgehead atoms. The highest BCUT2D eigenvalue weighted by molar-refractivity contribution is 5.76. The van der Waals surface area contributed by atoms with Crippen molar-refractivity contribution in [3.8, 4) is 0 Å². The number of carbonyl (C=O) groups is 1. The Bertz CT molecular complexity index is 695. The van der Waals surface area contributed by atoms with Crippen molar-refractivity contribution in [1.29, 1.82) is 0 Å². The first-order valence-electron chi connectivity index (χ1n) is 23.4. The largest absolute Gasteiger partial charge is 0.394 e. The number of nitrogens with one attached hydrogen (secondary N) is 1. The third kappa shape index (κ3) is 40.2. The van der Waals surface area contributed by atoms with Crippen molar-refractivity contribution in [2.75, 3.05) is 6.61 Å². The van der Waals surface area contributed by atoms with Gasteiger partial charge in [-0.1, -0.05) is 251 Å². The van der Waals surface area contributed by atoms with Crippen molar-refractivity contribution in [3.63, 3.8) is 0 Å². The number of hydrogen-bond acceptors (Lipinski definition) is 3. The zero-order chi connectivity index (χ0) is 37.1. The van der Waals surface area contributed by atoms with E-state index in [1.807, 2.05) is 6.08 Å². The third-order valence-corrected chi connectivity index (χ3v) is 11.0. The lowest BCUT2D eigenvalue weighted by atomic mass is 10.0. The summed E-state index contributed by atoms with van der Waals surface area (Å²) in [5, 5.41) is 23.1. The highest BCUT2D eigenvalue weighted by atomic mass is 16.3. The van der Waals surface area contributed by atoms with Gasteiger partial charge in [-0.25, -0.2) is 0 Å². The summed E-state index contributed by atoms with van der Waals surface area (Å²) in [6.45, 7) is 4.34. The number of aliphatic hydroxyl groups is 2. The van der Waals surface area contributed by atoms with Crippen LogP contribution in [0.25, 0.3) is 0 Å². The van der Waals surface area contributed by atoms with Gasteiger partial charge in [0.2, 0.25) is 5.91 Å². The monoisotopic (exact) mass is 720 g/mol. The second kappa shape index (κ2) is 43.5. The summed E-state index contributed by atoms with van der Waals surface area (Å²) in [6, 6.07) is -0.616. The molecule has 4 nitrogen and oxygen atoms in total. The fraction of sp³-hybridized carbons (Fsp3) is 0.936. The summed E-state index contributed by atoms with van der Waals surface area (Å²) in [7, 11) is 0. The standard InChI is InChI=1S/C47H93NO3/c1-3-5-7-9-11-13-15-17-19-21-22-23-24-25-27-29-31-33-35-37-39-41-43-47(51)48-45(44-49)46(50)42-40-38-36-34-32-30-28-26-20-18-16-14-12-10-8-6-4-2/h40,42,45-46,49-50H,3-39,41,43-44H2,1-2H3,(H,48,51). The molecule has 304 valence electrons. The highest BCUT2D eigenvalue weighted by Gasteiger charge is 2.18. The van der Waals surface area contributed by atoms with Crippen LogP contribution in [-0.4, -0.2) is 34.9 Å². The van der Waals surface area contributed by atoms with Crippen LogP contribution in [0.3, 0.4) is 0 Å². The van der Waals surface area contributed by atoms with Crippen LogP contribution in [0.1, 0.15) is 264 Å². The molecule has 0 radical (unpaired) electrons. The van der Waals surface area contributed by atoms with Crippen LogP contribution in [0.5, 0.6) is 0 Å². The molecule has 0 aliphatic rings. The minimum atomic E-state index is -0.833. The lowest BCUT2D eigenvalue weighted by Crippen LogP contribution is -2.45. The quantitative estimate of drug-likeness (QED) is 0.0434. The summed E-state index contributed by atoms with van der Waals surface area (Å²) in [6.07, 6.45) is 54.7. The Balaban J connectivity index is 3.49. The number of rotatable bonds is 43. The van der Waals surface area contributed by atoms with Crippen LogP contribution in [0.15, 0.2) is 12.2 Å². The van der Waals surface area contributed by atoms with E-state index in [0.717, 1.165) is 25.7 Å². The van der Waals surface area contributed by atoms with Crippen LogP contribution >= 0.6 is 0 Å². The number of aliphatic hydroxyl groups excluding tert-OH is 2. The van der Waals surface area contributed by atoms with Crippen molar-refractivity contribution >= 4 is 5.91 Å². The van der Waals surface area contributed by atoms with Gasteiger partial charge < -0.3 is 15.5 Å². The van der Waals surface area contributed by atoms with Crippen molar-refractivity contribution in [2.24, 2.45) is 0 Å².